The molecule has 0 aliphatic rings. The molecular weight excluding hydrogens is 546 g/mol. The first-order valence-corrected chi connectivity index (χ1v) is 19.0. The van der Waals surface area contributed by atoms with Crippen LogP contribution in [0.25, 0.3) is 0 Å². The third kappa shape index (κ3) is 30.4. The number of nitrogens with two attached hydrogens (primary N) is 1. The lowest BCUT2D eigenvalue weighted by Gasteiger charge is -2.27. The minimum absolute atomic E-state index is 0.239. The van der Waals surface area contributed by atoms with Crippen LogP contribution >= 0.6 is 0 Å². The number of carbonyl (C=O) groups is 2. The lowest BCUT2D eigenvalue weighted by atomic mass is 10.1. The molecule has 5 nitrogen and oxygen atoms in total. The van der Waals surface area contributed by atoms with E-state index in [4.69, 9.17) is 15.2 Å². The number of hydrogen-bond donors (Lipinski definition) is 1. The summed E-state index contributed by atoms with van der Waals surface area (Å²) in [5, 5.41) is 0. The van der Waals surface area contributed by atoms with Crippen LogP contribution in [0.4, 0.5) is 0 Å². The number of rotatable bonds is 33. The predicted molar refractivity (Wildman–Crippen MR) is 188 cm³/mol. The zero-order chi connectivity index (χ0) is 32.4. The maximum atomic E-state index is 12.3. The lowest BCUT2D eigenvalue weighted by molar-refractivity contribution is -0.228. The van der Waals surface area contributed by atoms with Gasteiger partial charge in [-0.05, 0) is 64.2 Å². The summed E-state index contributed by atoms with van der Waals surface area (Å²) >= 11 is 0. The van der Waals surface area contributed by atoms with Crippen LogP contribution in [0, 0.1) is 0 Å². The van der Waals surface area contributed by atoms with E-state index < -0.39 is 5.91 Å². The Morgan fingerprint density at radius 3 is 1.02 bits per heavy atom. The Hall–Kier alpha value is -1.62. The Labute approximate surface area is 273 Å². The van der Waals surface area contributed by atoms with Gasteiger partial charge in [-0.3, -0.25) is 15.3 Å². The number of unbranched alkanes of at least 4 members (excludes halogenated alkanes) is 22. The van der Waals surface area contributed by atoms with E-state index in [0.29, 0.717) is 12.8 Å². The van der Waals surface area contributed by atoms with Gasteiger partial charge in [0.15, 0.2) is 0 Å². The molecule has 0 aliphatic heterocycles. The predicted octanol–water partition coefficient (Wildman–Crippen LogP) is 12.2. The van der Waals surface area contributed by atoms with E-state index in [9.17, 15) is 9.59 Å². The van der Waals surface area contributed by atoms with Gasteiger partial charge >= 0.3 is 17.8 Å². The van der Waals surface area contributed by atoms with Gasteiger partial charge in [0.05, 0.1) is 0 Å². The Balaban J connectivity index is 3.73. The summed E-state index contributed by atoms with van der Waals surface area (Å²) in [4.78, 5) is 24.7. The summed E-state index contributed by atoms with van der Waals surface area (Å²) in [7, 11) is 0. The van der Waals surface area contributed by atoms with Crippen LogP contribution in [0.2, 0.25) is 0 Å². The van der Waals surface area contributed by atoms with E-state index in [-0.39, 0.29) is 18.4 Å². The number of esters is 2. The summed E-state index contributed by atoms with van der Waals surface area (Å²) in [5.41, 5.74) is 6.11. The van der Waals surface area contributed by atoms with Crippen LogP contribution < -0.4 is 5.73 Å². The first-order chi connectivity index (χ1) is 21.5. The maximum absolute atomic E-state index is 12.3. The van der Waals surface area contributed by atoms with Gasteiger partial charge < -0.3 is 9.47 Å². The van der Waals surface area contributed by atoms with Gasteiger partial charge in [0.1, 0.15) is 0 Å². The van der Waals surface area contributed by atoms with Crippen molar-refractivity contribution < 1.29 is 19.1 Å². The molecule has 2 N–H and O–H groups in total. The largest absolute Gasteiger partial charge is 0.409 e. The molecule has 0 fully saturated rings. The van der Waals surface area contributed by atoms with E-state index in [2.05, 4.69) is 38.2 Å². The molecular formula is C39H73NO4. The summed E-state index contributed by atoms with van der Waals surface area (Å²) in [6, 6.07) is 0. The second-order valence-electron chi connectivity index (χ2n) is 12.8. The van der Waals surface area contributed by atoms with Crippen molar-refractivity contribution in [2.24, 2.45) is 5.73 Å². The normalized spacial score (nSPS) is 13.1. The molecule has 5 heteroatoms. The highest BCUT2D eigenvalue weighted by atomic mass is 16.7. The van der Waals surface area contributed by atoms with Gasteiger partial charge in [0, 0.05) is 19.3 Å². The average molecular weight is 620 g/mol. The van der Waals surface area contributed by atoms with Crippen molar-refractivity contribution in [2.75, 3.05) is 0 Å². The highest BCUT2D eigenvalue weighted by molar-refractivity contribution is 5.71. The first kappa shape index (κ1) is 42.4. The fourth-order valence-electron chi connectivity index (χ4n) is 5.33. The number of ether oxygens (including phenoxy) is 2. The molecule has 0 bridgehead atoms. The van der Waals surface area contributed by atoms with E-state index in [0.717, 1.165) is 51.4 Å². The summed E-state index contributed by atoms with van der Waals surface area (Å²) in [5.74, 6) is -2.43. The van der Waals surface area contributed by atoms with Crippen molar-refractivity contribution in [3.8, 4) is 0 Å². The molecule has 0 aromatic rings. The number of carbonyl (C=O) groups excluding carboxylic acids is 2. The Bertz CT molecular complexity index is 648. The van der Waals surface area contributed by atoms with Gasteiger partial charge in [-0.1, -0.05) is 148 Å². The molecule has 0 saturated carbocycles. The molecule has 0 aromatic heterocycles. The van der Waals surface area contributed by atoms with E-state index >= 15 is 0 Å². The molecule has 258 valence electrons. The summed E-state index contributed by atoms with van der Waals surface area (Å²) in [6.07, 6.45) is 41.7. The van der Waals surface area contributed by atoms with Crippen molar-refractivity contribution in [2.45, 2.75) is 213 Å². The lowest BCUT2D eigenvalue weighted by Crippen LogP contribution is -2.48. The summed E-state index contributed by atoms with van der Waals surface area (Å²) < 4.78 is 10.8. The second-order valence-corrected chi connectivity index (χ2v) is 12.8. The zero-order valence-corrected chi connectivity index (χ0v) is 29.5. The van der Waals surface area contributed by atoms with E-state index in [1.807, 2.05) is 0 Å². The highest BCUT2D eigenvalue weighted by Gasteiger charge is 2.31. The van der Waals surface area contributed by atoms with Crippen molar-refractivity contribution in [3.05, 3.63) is 24.3 Å². The molecule has 0 unspecified atom stereocenters. The third-order valence-corrected chi connectivity index (χ3v) is 8.35. The third-order valence-electron chi connectivity index (χ3n) is 8.35. The van der Waals surface area contributed by atoms with Crippen molar-refractivity contribution in [3.63, 3.8) is 0 Å². The molecule has 0 aliphatic carbocycles. The average Bonchev–Trinajstić information content (AvgIpc) is 3.01. The Morgan fingerprint density at radius 2 is 0.727 bits per heavy atom. The maximum Gasteiger partial charge on any atom is 0.315 e. The molecule has 0 saturated heterocycles. The molecule has 0 atom stereocenters. The Kier molecular flexibility index (Phi) is 31.6. The quantitative estimate of drug-likeness (QED) is 0.0342. The van der Waals surface area contributed by atoms with Crippen LogP contribution in [-0.2, 0) is 19.1 Å². The molecule has 0 aromatic carbocycles. The SMILES string of the molecule is CCCCCCCCC=CCCCCCCCC(=O)OC(N)(CC)OC(=O)CCCCCCCC=CCCCCCCCC. The fraction of sp³-hybridized carbons (Fsp3) is 0.846. The van der Waals surface area contributed by atoms with Crippen molar-refractivity contribution in [1.82, 2.24) is 0 Å². The molecule has 0 radical (unpaired) electrons. The fourth-order valence-corrected chi connectivity index (χ4v) is 5.33. The molecule has 0 spiro atoms. The zero-order valence-electron chi connectivity index (χ0n) is 29.5. The molecule has 0 rings (SSSR count). The standard InChI is InChI=1S/C39H73NO4/c1-4-7-9-11-13-15-17-19-21-23-25-27-29-31-33-35-37(41)43-39(40,6-3)44-38(42)36-34-32-30-28-26-24-22-20-18-16-14-12-10-8-5-2/h19-22H,4-18,23-36,40H2,1-3H3. The smallest absolute Gasteiger partial charge is 0.315 e. The number of allylic oxidation sites excluding steroid dienone is 4. The van der Waals surface area contributed by atoms with Crippen LogP contribution in [0.15, 0.2) is 24.3 Å². The van der Waals surface area contributed by atoms with Crippen LogP contribution in [0.5, 0.6) is 0 Å². The number of hydrogen-bond acceptors (Lipinski definition) is 5. The van der Waals surface area contributed by atoms with Crippen LogP contribution in [0.3, 0.4) is 0 Å². The molecule has 44 heavy (non-hydrogen) atoms. The van der Waals surface area contributed by atoms with Crippen LogP contribution in [0.1, 0.15) is 207 Å². The first-order valence-electron chi connectivity index (χ1n) is 19.0. The highest BCUT2D eigenvalue weighted by Crippen LogP contribution is 2.17. The topological polar surface area (TPSA) is 78.6 Å². The van der Waals surface area contributed by atoms with Gasteiger partial charge in [-0.25, -0.2) is 0 Å². The van der Waals surface area contributed by atoms with Gasteiger partial charge in [-0.15, -0.1) is 0 Å². The van der Waals surface area contributed by atoms with Crippen molar-refractivity contribution in [1.29, 1.82) is 0 Å². The van der Waals surface area contributed by atoms with Gasteiger partial charge in [0.2, 0.25) is 0 Å². The molecule has 0 heterocycles. The summed E-state index contributed by atoms with van der Waals surface area (Å²) in [6.45, 7) is 6.29. The molecule has 0 amide bonds. The van der Waals surface area contributed by atoms with E-state index in [1.165, 1.54) is 116 Å². The van der Waals surface area contributed by atoms with Crippen molar-refractivity contribution >= 4 is 11.9 Å². The minimum Gasteiger partial charge on any atom is -0.409 e. The van der Waals surface area contributed by atoms with Gasteiger partial charge in [-0.2, -0.15) is 0 Å². The van der Waals surface area contributed by atoms with E-state index in [1.54, 1.807) is 6.92 Å². The monoisotopic (exact) mass is 620 g/mol. The second kappa shape index (κ2) is 32.8. The minimum atomic E-state index is -1.65. The van der Waals surface area contributed by atoms with Gasteiger partial charge in [0.25, 0.3) is 0 Å². The van der Waals surface area contributed by atoms with Crippen LogP contribution in [-0.4, -0.2) is 17.8 Å². The Morgan fingerprint density at radius 1 is 0.455 bits per heavy atom.